The minimum absolute atomic E-state index is 0.257. The highest BCUT2D eigenvalue weighted by molar-refractivity contribution is 5.84. The number of ether oxygens (including phenoxy) is 1. The molecule has 0 aliphatic heterocycles. The van der Waals surface area contributed by atoms with Crippen LogP contribution in [0.1, 0.15) is 5.69 Å². The van der Waals surface area contributed by atoms with Gasteiger partial charge in [0.2, 0.25) is 0 Å². The van der Waals surface area contributed by atoms with E-state index in [4.69, 9.17) is 10.5 Å². The molecule has 2 aromatic heterocycles. The summed E-state index contributed by atoms with van der Waals surface area (Å²) in [6.45, 7) is 1.94. The maximum atomic E-state index is 5.72. The maximum Gasteiger partial charge on any atom is 0.262 e. The SMILES string of the molecule is Cc1ccc2cccc(Oc3nccnc3N)c2n1. The first-order chi connectivity index (χ1) is 9.24. The average molecular weight is 252 g/mol. The van der Waals surface area contributed by atoms with E-state index in [-0.39, 0.29) is 5.82 Å². The number of fused-ring (bicyclic) bond motifs is 1. The number of aryl methyl sites for hydroxylation is 1. The summed E-state index contributed by atoms with van der Waals surface area (Å²) >= 11 is 0. The maximum absolute atomic E-state index is 5.72. The van der Waals surface area contributed by atoms with Crippen molar-refractivity contribution < 1.29 is 4.74 Å². The van der Waals surface area contributed by atoms with E-state index in [1.54, 1.807) is 0 Å². The third kappa shape index (κ3) is 2.18. The van der Waals surface area contributed by atoms with Crippen LogP contribution in [0.3, 0.4) is 0 Å². The Morgan fingerprint density at radius 2 is 1.89 bits per heavy atom. The topological polar surface area (TPSA) is 73.9 Å². The van der Waals surface area contributed by atoms with E-state index in [0.717, 1.165) is 16.6 Å². The monoisotopic (exact) mass is 252 g/mol. The number of hydrogen-bond acceptors (Lipinski definition) is 5. The van der Waals surface area contributed by atoms with Gasteiger partial charge in [-0.2, -0.15) is 0 Å². The van der Waals surface area contributed by atoms with Crippen LogP contribution in [0.15, 0.2) is 42.7 Å². The number of nitrogens with two attached hydrogens (primary N) is 1. The Labute approximate surface area is 110 Å². The molecule has 2 N–H and O–H groups in total. The molecule has 5 heteroatoms. The molecular formula is C14H12N4O. The minimum atomic E-state index is 0.257. The van der Waals surface area contributed by atoms with Gasteiger partial charge in [-0.15, -0.1) is 0 Å². The molecule has 0 bridgehead atoms. The van der Waals surface area contributed by atoms with Crippen molar-refractivity contribution in [1.82, 2.24) is 15.0 Å². The van der Waals surface area contributed by atoms with Gasteiger partial charge in [0.1, 0.15) is 5.52 Å². The Morgan fingerprint density at radius 1 is 1.05 bits per heavy atom. The second-order valence-electron chi connectivity index (χ2n) is 4.13. The van der Waals surface area contributed by atoms with E-state index in [2.05, 4.69) is 15.0 Å². The fraction of sp³-hybridized carbons (Fsp3) is 0.0714. The zero-order valence-corrected chi connectivity index (χ0v) is 10.4. The van der Waals surface area contributed by atoms with Crippen molar-refractivity contribution >= 4 is 16.7 Å². The molecule has 0 spiro atoms. The van der Waals surface area contributed by atoms with E-state index in [1.165, 1.54) is 12.4 Å². The summed E-state index contributed by atoms with van der Waals surface area (Å²) in [6.07, 6.45) is 3.06. The van der Waals surface area contributed by atoms with Crippen molar-refractivity contribution in [2.24, 2.45) is 0 Å². The lowest BCUT2D eigenvalue weighted by atomic mass is 10.2. The number of nitrogen functional groups attached to an aromatic ring is 1. The molecule has 0 atom stereocenters. The quantitative estimate of drug-likeness (QED) is 0.759. The first-order valence-corrected chi connectivity index (χ1v) is 5.85. The number of rotatable bonds is 2. The molecule has 5 nitrogen and oxygen atoms in total. The third-order valence-electron chi connectivity index (χ3n) is 2.72. The van der Waals surface area contributed by atoms with Crippen LogP contribution < -0.4 is 10.5 Å². The lowest BCUT2D eigenvalue weighted by molar-refractivity contribution is 0.467. The lowest BCUT2D eigenvalue weighted by Crippen LogP contribution is -1.98. The molecule has 0 aliphatic carbocycles. The van der Waals surface area contributed by atoms with E-state index in [9.17, 15) is 0 Å². The summed E-state index contributed by atoms with van der Waals surface area (Å²) in [7, 11) is 0. The third-order valence-corrected chi connectivity index (χ3v) is 2.72. The fourth-order valence-electron chi connectivity index (χ4n) is 1.82. The highest BCUT2D eigenvalue weighted by Crippen LogP contribution is 2.29. The van der Waals surface area contributed by atoms with Crippen molar-refractivity contribution in [1.29, 1.82) is 0 Å². The van der Waals surface area contributed by atoms with Gasteiger partial charge in [-0.05, 0) is 19.1 Å². The van der Waals surface area contributed by atoms with Crippen molar-refractivity contribution in [3.05, 3.63) is 48.4 Å². The number of para-hydroxylation sites is 1. The van der Waals surface area contributed by atoms with Crippen molar-refractivity contribution in [2.75, 3.05) is 5.73 Å². The zero-order chi connectivity index (χ0) is 13.2. The van der Waals surface area contributed by atoms with Gasteiger partial charge in [0.15, 0.2) is 11.6 Å². The molecule has 19 heavy (non-hydrogen) atoms. The summed E-state index contributed by atoms with van der Waals surface area (Å²) in [4.78, 5) is 12.5. The van der Waals surface area contributed by atoms with E-state index in [1.807, 2.05) is 37.3 Å². The summed E-state index contributed by atoms with van der Waals surface area (Å²) < 4.78 is 5.72. The number of hydrogen-bond donors (Lipinski definition) is 1. The molecule has 0 amide bonds. The first-order valence-electron chi connectivity index (χ1n) is 5.85. The number of anilines is 1. The van der Waals surface area contributed by atoms with Crippen LogP contribution in [-0.2, 0) is 0 Å². The Balaban J connectivity index is 2.10. The largest absolute Gasteiger partial charge is 0.434 e. The molecule has 0 aliphatic rings. The van der Waals surface area contributed by atoms with Crippen molar-refractivity contribution in [2.45, 2.75) is 6.92 Å². The second kappa shape index (κ2) is 4.53. The van der Waals surface area contributed by atoms with Crippen molar-refractivity contribution in [3.63, 3.8) is 0 Å². The predicted octanol–water partition coefficient (Wildman–Crippen LogP) is 2.71. The van der Waals surface area contributed by atoms with Crippen LogP contribution in [0.5, 0.6) is 11.6 Å². The Bertz CT molecular complexity index is 742. The Kier molecular flexibility index (Phi) is 2.72. The highest BCUT2D eigenvalue weighted by atomic mass is 16.5. The summed E-state index contributed by atoms with van der Waals surface area (Å²) in [5.74, 6) is 1.17. The molecular weight excluding hydrogens is 240 g/mol. The van der Waals surface area contributed by atoms with Gasteiger partial charge < -0.3 is 10.5 Å². The Morgan fingerprint density at radius 3 is 2.74 bits per heavy atom. The Hall–Kier alpha value is -2.69. The first kappa shape index (κ1) is 11.4. The standard InChI is InChI=1S/C14H12N4O/c1-9-5-6-10-3-2-4-11(12(10)18-9)19-14-13(15)16-7-8-17-14/h2-8H,1H3,(H2,15,16). The molecule has 0 saturated heterocycles. The van der Waals surface area contributed by atoms with E-state index >= 15 is 0 Å². The molecule has 3 aromatic rings. The normalized spacial score (nSPS) is 10.6. The van der Waals surface area contributed by atoms with Crippen LogP contribution in [0.4, 0.5) is 5.82 Å². The highest BCUT2D eigenvalue weighted by Gasteiger charge is 2.08. The molecule has 0 radical (unpaired) electrons. The summed E-state index contributed by atoms with van der Waals surface area (Å²) in [6, 6.07) is 9.69. The molecule has 3 rings (SSSR count). The fourth-order valence-corrected chi connectivity index (χ4v) is 1.82. The van der Waals surface area contributed by atoms with Gasteiger partial charge in [-0.25, -0.2) is 15.0 Å². The van der Waals surface area contributed by atoms with E-state index in [0.29, 0.717) is 11.6 Å². The van der Waals surface area contributed by atoms with Gasteiger partial charge in [-0.3, -0.25) is 0 Å². The van der Waals surface area contributed by atoms with Crippen LogP contribution in [0.2, 0.25) is 0 Å². The number of pyridine rings is 1. The second-order valence-corrected chi connectivity index (χ2v) is 4.13. The van der Waals surface area contributed by atoms with Gasteiger partial charge in [-0.1, -0.05) is 18.2 Å². The average Bonchev–Trinajstić information content (AvgIpc) is 2.42. The molecule has 2 heterocycles. The molecule has 0 unspecified atom stereocenters. The number of aromatic nitrogens is 3. The van der Waals surface area contributed by atoms with Gasteiger partial charge in [0, 0.05) is 23.5 Å². The molecule has 0 saturated carbocycles. The van der Waals surface area contributed by atoms with Crippen LogP contribution >= 0.6 is 0 Å². The van der Waals surface area contributed by atoms with Crippen LogP contribution in [-0.4, -0.2) is 15.0 Å². The van der Waals surface area contributed by atoms with Crippen LogP contribution in [0, 0.1) is 6.92 Å². The van der Waals surface area contributed by atoms with Gasteiger partial charge in [0.25, 0.3) is 5.88 Å². The zero-order valence-electron chi connectivity index (χ0n) is 10.4. The number of benzene rings is 1. The summed E-state index contributed by atoms with van der Waals surface area (Å²) in [5.41, 5.74) is 7.43. The summed E-state index contributed by atoms with van der Waals surface area (Å²) in [5, 5.41) is 1.01. The molecule has 94 valence electrons. The van der Waals surface area contributed by atoms with Gasteiger partial charge in [0.05, 0.1) is 0 Å². The van der Waals surface area contributed by atoms with Gasteiger partial charge >= 0.3 is 0 Å². The smallest absolute Gasteiger partial charge is 0.262 e. The lowest BCUT2D eigenvalue weighted by Gasteiger charge is -2.08. The van der Waals surface area contributed by atoms with Crippen molar-refractivity contribution in [3.8, 4) is 11.6 Å². The molecule has 1 aromatic carbocycles. The predicted molar refractivity (Wildman–Crippen MR) is 73.0 cm³/mol. The number of nitrogens with zero attached hydrogens (tertiary/aromatic N) is 3. The van der Waals surface area contributed by atoms with E-state index < -0.39 is 0 Å². The minimum Gasteiger partial charge on any atom is -0.434 e. The van der Waals surface area contributed by atoms with Crippen LogP contribution in [0.25, 0.3) is 10.9 Å². The molecule has 0 fully saturated rings.